The van der Waals surface area contributed by atoms with E-state index in [1.54, 1.807) is 0 Å². The molecule has 3 heteroatoms. The van der Waals surface area contributed by atoms with Crippen molar-refractivity contribution in [2.24, 2.45) is 5.92 Å². The lowest BCUT2D eigenvalue weighted by Crippen LogP contribution is -2.41. The molecule has 1 amide bonds. The number of hydrogen-bond donors (Lipinski definition) is 1. The number of amides is 1. The highest BCUT2D eigenvalue weighted by Gasteiger charge is 2.27. The summed E-state index contributed by atoms with van der Waals surface area (Å²) in [4.78, 5) is 12.2. The van der Waals surface area contributed by atoms with Gasteiger partial charge in [-0.1, -0.05) is 31.0 Å². The SMILES string of the molecule is O=C(NC1CCCC1)C1COc2ccccc2C1. The summed E-state index contributed by atoms with van der Waals surface area (Å²) in [5, 5.41) is 3.16. The van der Waals surface area contributed by atoms with Gasteiger partial charge in [-0.25, -0.2) is 0 Å². The molecule has 3 rings (SSSR count). The van der Waals surface area contributed by atoms with Crippen LogP contribution in [0.1, 0.15) is 31.2 Å². The van der Waals surface area contributed by atoms with E-state index in [1.807, 2.05) is 24.3 Å². The lowest BCUT2D eigenvalue weighted by Gasteiger charge is -2.25. The summed E-state index contributed by atoms with van der Waals surface area (Å²) in [6.45, 7) is 0.509. The zero-order chi connectivity index (χ0) is 12.4. The fourth-order valence-electron chi connectivity index (χ4n) is 2.89. The average Bonchev–Trinajstić information content (AvgIpc) is 2.91. The Morgan fingerprint density at radius 2 is 2.00 bits per heavy atom. The van der Waals surface area contributed by atoms with E-state index in [0.717, 1.165) is 30.6 Å². The van der Waals surface area contributed by atoms with Gasteiger partial charge in [-0.05, 0) is 30.9 Å². The molecule has 1 aromatic rings. The second-order valence-corrected chi connectivity index (χ2v) is 5.31. The minimum Gasteiger partial charge on any atom is -0.492 e. The van der Waals surface area contributed by atoms with Crippen LogP contribution in [-0.2, 0) is 11.2 Å². The normalized spacial score (nSPS) is 23.2. The van der Waals surface area contributed by atoms with Crippen molar-refractivity contribution < 1.29 is 9.53 Å². The van der Waals surface area contributed by atoms with Crippen LogP contribution in [0.5, 0.6) is 5.75 Å². The minimum atomic E-state index is -0.0273. The van der Waals surface area contributed by atoms with E-state index < -0.39 is 0 Å². The van der Waals surface area contributed by atoms with Gasteiger partial charge in [-0.3, -0.25) is 4.79 Å². The maximum atomic E-state index is 12.2. The van der Waals surface area contributed by atoms with Crippen LogP contribution >= 0.6 is 0 Å². The number of fused-ring (bicyclic) bond motifs is 1. The van der Waals surface area contributed by atoms with Crippen molar-refractivity contribution in [2.75, 3.05) is 6.61 Å². The highest BCUT2D eigenvalue weighted by molar-refractivity contribution is 5.80. The smallest absolute Gasteiger partial charge is 0.227 e. The van der Waals surface area contributed by atoms with Gasteiger partial charge in [0.15, 0.2) is 0 Å². The van der Waals surface area contributed by atoms with E-state index in [-0.39, 0.29) is 11.8 Å². The number of nitrogens with one attached hydrogen (secondary N) is 1. The quantitative estimate of drug-likeness (QED) is 0.868. The first kappa shape index (κ1) is 11.6. The van der Waals surface area contributed by atoms with Gasteiger partial charge in [0.25, 0.3) is 0 Å². The van der Waals surface area contributed by atoms with Crippen LogP contribution in [0.3, 0.4) is 0 Å². The molecule has 18 heavy (non-hydrogen) atoms. The molecule has 0 aromatic heterocycles. The van der Waals surface area contributed by atoms with Crippen molar-refractivity contribution in [3.05, 3.63) is 29.8 Å². The Balaban J connectivity index is 1.62. The number of benzene rings is 1. The van der Waals surface area contributed by atoms with E-state index in [4.69, 9.17) is 4.74 Å². The fraction of sp³-hybridized carbons (Fsp3) is 0.533. The Bertz CT molecular complexity index is 438. The van der Waals surface area contributed by atoms with Gasteiger partial charge in [-0.2, -0.15) is 0 Å². The molecule has 0 spiro atoms. The highest BCUT2D eigenvalue weighted by Crippen LogP contribution is 2.27. The average molecular weight is 245 g/mol. The summed E-state index contributed by atoms with van der Waals surface area (Å²) in [7, 11) is 0. The first-order valence-electron chi connectivity index (χ1n) is 6.84. The third-order valence-electron chi connectivity index (χ3n) is 3.95. The molecule has 1 atom stereocenters. The van der Waals surface area contributed by atoms with Crippen molar-refractivity contribution >= 4 is 5.91 Å². The zero-order valence-corrected chi connectivity index (χ0v) is 10.5. The Morgan fingerprint density at radius 3 is 2.83 bits per heavy atom. The predicted molar refractivity (Wildman–Crippen MR) is 69.5 cm³/mol. The second-order valence-electron chi connectivity index (χ2n) is 5.31. The molecule has 0 bridgehead atoms. The van der Waals surface area contributed by atoms with Crippen molar-refractivity contribution in [3.63, 3.8) is 0 Å². The van der Waals surface area contributed by atoms with Gasteiger partial charge >= 0.3 is 0 Å². The third kappa shape index (κ3) is 2.35. The van der Waals surface area contributed by atoms with Crippen molar-refractivity contribution in [2.45, 2.75) is 38.1 Å². The highest BCUT2D eigenvalue weighted by atomic mass is 16.5. The van der Waals surface area contributed by atoms with E-state index in [2.05, 4.69) is 5.32 Å². The predicted octanol–water partition coefficient (Wildman–Crippen LogP) is 2.30. The van der Waals surface area contributed by atoms with Crippen LogP contribution in [0.4, 0.5) is 0 Å². The van der Waals surface area contributed by atoms with Crippen LogP contribution in [0.2, 0.25) is 0 Å². The Hall–Kier alpha value is -1.51. The van der Waals surface area contributed by atoms with Crippen LogP contribution in [-0.4, -0.2) is 18.6 Å². The number of carbonyl (C=O) groups is 1. The van der Waals surface area contributed by atoms with Crippen LogP contribution in [0.25, 0.3) is 0 Å². The van der Waals surface area contributed by atoms with Gasteiger partial charge in [0, 0.05) is 6.04 Å². The van der Waals surface area contributed by atoms with Crippen LogP contribution < -0.4 is 10.1 Å². The van der Waals surface area contributed by atoms with Gasteiger partial charge in [-0.15, -0.1) is 0 Å². The molecular weight excluding hydrogens is 226 g/mol. The number of hydrogen-bond acceptors (Lipinski definition) is 2. The Labute approximate surface area is 108 Å². The first-order chi connectivity index (χ1) is 8.83. The van der Waals surface area contributed by atoms with E-state index in [0.29, 0.717) is 12.6 Å². The van der Waals surface area contributed by atoms with E-state index in [9.17, 15) is 4.79 Å². The number of para-hydroxylation sites is 1. The molecule has 1 heterocycles. The van der Waals surface area contributed by atoms with Crippen LogP contribution in [0.15, 0.2) is 24.3 Å². The third-order valence-corrected chi connectivity index (χ3v) is 3.95. The van der Waals surface area contributed by atoms with Gasteiger partial charge < -0.3 is 10.1 Å². The summed E-state index contributed by atoms with van der Waals surface area (Å²) in [6, 6.07) is 8.39. The van der Waals surface area contributed by atoms with Gasteiger partial charge in [0.1, 0.15) is 12.4 Å². The molecule has 1 aromatic carbocycles. The number of ether oxygens (including phenoxy) is 1. The summed E-state index contributed by atoms with van der Waals surface area (Å²) in [5.41, 5.74) is 1.15. The molecule has 0 saturated heterocycles. The molecule has 1 saturated carbocycles. The zero-order valence-electron chi connectivity index (χ0n) is 10.5. The maximum Gasteiger partial charge on any atom is 0.227 e. The summed E-state index contributed by atoms with van der Waals surface area (Å²) >= 11 is 0. The topological polar surface area (TPSA) is 38.3 Å². The number of rotatable bonds is 2. The minimum absolute atomic E-state index is 0.0273. The summed E-state index contributed by atoms with van der Waals surface area (Å²) < 4.78 is 5.66. The summed E-state index contributed by atoms with van der Waals surface area (Å²) in [6.07, 6.45) is 5.56. The Morgan fingerprint density at radius 1 is 1.22 bits per heavy atom. The molecule has 3 nitrogen and oxygen atoms in total. The molecule has 0 radical (unpaired) electrons. The fourth-order valence-corrected chi connectivity index (χ4v) is 2.89. The molecule has 96 valence electrons. The molecule has 1 N–H and O–H groups in total. The van der Waals surface area contributed by atoms with Gasteiger partial charge in [0.05, 0.1) is 5.92 Å². The van der Waals surface area contributed by atoms with Crippen molar-refractivity contribution in [1.82, 2.24) is 5.32 Å². The lowest BCUT2D eigenvalue weighted by atomic mass is 9.95. The lowest BCUT2D eigenvalue weighted by molar-refractivity contribution is -0.127. The number of carbonyl (C=O) groups excluding carboxylic acids is 1. The molecule has 2 aliphatic rings. The van der Waals surface area contributed by atoms with E-state index in [1.165, 1.54) is 12.8 Å². The Kier molecular flexibility index (Phi) is 3.22. The maximum absolute atomic E-state index is 12.2. The standard InChI is InChI=1S/C15H19NO2/c17-15(16-13-6-2-3-7-13)12-9-11-5-1-4-8-14(11)18-10-12/h1,4-5,8,12-13H,2-3,6-7,9-10H2,(H,16,17). The molecule has 1 unspecified atom stereocenters. The first-order valence-corrected chi connectivity index (χ1v) is 6.84. The molecular formula is C15H19NO2. The van der Waals surface area contributed by atoms with E-state index >= 15 is 0 Å². The second kappa shape index (κ2) is 5.01. The van der Waals surface area contributed by atoms with Gasteiger partial charge in [0.2, 0.25) is 5.91 Å². The van der Waals surface area contributed by atoms with Crippen molar-refractivity contribution in [1.29, 1.82) is 0 Å². The van der Waals surface area contributed by atoms with Crippen LogP contribution in [0, 0.1) is 5.92 Å². The summed E-state index contributed by atoms with van der Waals surface area (Å²) in [5.74, 6) is 1.07. The molecule has 1 aliphatic heterocycles. The van der Waals surface area contributed by atoms with Crippen molar-refractivity contribution in [3.8, 4) is 5.75 Å². The molecule has 1 fully saturated rings. The monoisotopic (exact) mass is 245 g/mol. The molecule has 1 aliphatic carbocycles. The largest absolute Gasteiger partial charge is 0.492 e.